The average Bonchev–Trinajstić information content (AvgIpc) is 3.10. The van der Waals surface area contributed by atoms with Crippen LogP contribution >= 0.6 is 0 Å². The van der Waals surface area contributed by atoms with Gasteiger partial charge >= 0.3 is 5.97 Å². The Kier molecular flexibility index (Phi) is 17.2. The van der Waals surface area contributed by atoms with Crippen molar-refractivity contribution in [2.45, 2.75) is 167 Å². The molecule has 3 aromatic carbocycles. The van der Waals surface area contributed by atoms with Gasteiger partial charge in [-0.1, -0.05) is 188 Å². The monoisotopic (exact) mass is 636 g/mol. The molecule has 0 aliphatic heterocycles. The molecule has 0 amide bonds. The number of carbonyl (C=O) groups is 1. The van der Waals surface area contributed by atoms with Crippen LogP contribution in [0.1, 0.15) is 165 Å². The van der Waals surface area contributed by atoms with Crippen molar-refractivity contribution in [2.24, 2.45) is 0 Å². The molecular weight excluding hydrogens is 572 g/mol. The van der Waals surface area contributed by atoms with Crippen LogP contribution in [-0.2, 0) is 9.53 Å². The van der Waals surface area contributed by atoms with Gasteiger partial charge in [-0.2, -0.15) is 0 Å². The summed E-state index contributed by atoms with van der Waals surface area (Å²) >= 11 is 0. The van der Waals surface area contributed by atoms with Gasteiger partial charge in [0.1, 0.15) is 6.10 Å². The third kappa shape index (κ3) is 14.0. The number of esters is 1. The van der Waals surface area contributed by atoms with Crippen LogP contribution in [-0.4, -0.2) is 12.1 Å². The maximum absolute atomic E-state index is 12.5. The summed E-state index contributed by atoms with van der Waals surface area (Å²) in [5, 5.41) is 0. The van der Waals surface area contributed by atoms with Crippen molar-refractivity contribution in [1.82, 2.24) is 0 Å². The summed E-state index contributed by atoms with van der Waals surface area (Å²) < 4.78 is 5.89. The van der Waals surface area contributed by atoms with Crippen molar-refractivity contribution in [3.05, 3.63) is 83.9 Å². The van der Waals surface area contributed by atoms with Crippen molar-refractivity contribution < 1.29 is 9.53 Å². The quantitative estimate of drug-likeness (QED) is 0.0810. The Morgan fingerprint density at radius 1 is 0.511 bits per heavy atom. The number of benzene rings is 3. The van der Waals surface area contributed by atoms with Gasteiger partial charge in [0.05, 0.1) is 0 Å². The van der Waals surface area contributed by atoms with Gasteiger partial charge in [-0.05, 0) is 72.8 Å². The minimum atomic E-state index is 0.0205. The number of rotatable bonds is 22. The number of aryl methyl sites for hydroxylation is 1. The maximum Gasteiger partial charge on any atom is 0.306 e. The third-order valence-corrected chi connectivity index (χ3v) is 10.4. The highest BCUT2D eigenvalue weighted by molar-refractivity contribution is 5.71. The van der Waals surface area contributed by atoms with Crippen LogP contribution in [0.4, 0.5) is 0 Å². The molecule has 256 valence electrons. The van der Waals surface area contributed by atoms with E-state index in [0.717, 1.165) is 38.5 Å². The summed E-state index contributed by atoms with van der Waals surface area (Å²) in [6, 6.07) is 26.8. The normalized spacial score (nSPS) is 16.3. The van der Waals surface area contributed by atoms with Gasteiger partial charge in [0.2, 0.25) is 0 Å². The van der Waals surface area contributed by atoms with E-state index < -0.39 is 0 Å². The molecular formula is C45H64O2. The number of carbonyl (C=O) groups excluding carboxylic acids is 1. The van der Waals surface area contributed by atoms with E-state index in [1.165, 1.54) is 130 Å². The van der Waals surface area contributed by atoms with Crippen molar-refractivity contribution in [2.75, 3.05) is 0 Å². The summed E-state index contributed by atoms with van der Waals surface area (Å²) in [7, 11) is 0. The number of hydrogen-bond donors (Lipinski definition) is 0. The lowest BCUT2D eigenvalue weighted by Gasteiger charge is -2.28. The van der Waals surface area contributed by atoms with Crippen LogP contribution in [0.5, 0.6) is 0 Å². The first kappa shape index (κ1) is 37.0. The van der Waals surface area contributed by atoms with E-state index in [2.05, 4.69) is 86.6 Å². The average molecular weight is 637 g/mol. The first-order valence-corrected chi connectivity index (χ1v) is 19.6. The predicted octanol–water partition coefficient (Wildman–Crippen LogP) is 13.9. The van der Waals surface area contributed by atoms with E-state index in [9.17, 15) is 4.79 Å². The zero-order valence-electron chi connectivity index (χ0n) is 30.0. The summed E-state index contributed by atoms with van der Waals surface area (Å²) in [4.78, 5) is 12.5. The summed E-state index contributed by atoms with van der Waals surface area (Å²) in [6.45, 7) is 4.42. The van der Waals surface area contributed by atoms with Gasteiger partial charge in [-0.3, -0.25) is 4.79 Å². The molecule has 0 bridgehead atoms. The predicted molar refractivity (Wildman–Crippen MR) is 202 cm³/mol. The Balaban J connectivity index is 0.997. The van der Waals surface area contributed by atoms with E-state index in [1.807, 2.05) is 0 Å². The fourth-order valence-corrected chi connectivity index (χ4v) is 7.30. The lowest BCUT2D eigenvalue weighted by atomic mass is 9.82. The molecule has 0 N–H and O–H groups in total. The van der Waals surface area contributed by atoms with E-state index in [1.54, 1.807) is 0 Å². The molecule has 2 nitrogen and oxygen atoms in total. The van der Waals surface area contributed by atoms with Crippen molar-refractivity contribution in [1.29, 1.82) is 0 Å². The summed E-state index contributed by atoms with van der Waals surface area (Å²) in [5.41, 5.74) is 7.73. The Bertz CT molecular complexity index is 1230. The molecule has 1 aliphatic carbocycles. The van der Waals surface area contributed by atoms with Crippen LogP contribution in [0, 0.1) is 6.92 Å². The molecule has 0 spiro atoms. The highest BCUT2D eigenvalue weighted by Crippen LogP contribution is 2.35. The second kappa shape index (κ2) is 21.9. The summed E-state index contributed by atoms with van der Waals surface area (Å²) in [5.74, 6) is 0.584. The summed E-state index contributed by atoms with van der Waals surface area (Å²) in [6.07, 6.45) is 28.0. The third-order valence-electron chi connectivity index (χ3n) is 10.4. The molecule has 0 aromatic heterocycles. The van der Waals surface area contributed by atoms with Gasteiger partial charge in [0.15, 0.2) is 0 Å². The fourth-order valence-electron chi connectivity index (χ4n) is 7.30. The van der Waals surface area contributed by atoms with E-state index in [4.69, 9.17) is 4.74 Å². The fraction of sp³-hybridized carbons (Fsp3) is 0.578. The van der Waals surface area contributed by atoms with E-state index >= 15 is 0 Å². The standard InChI is InChI=1S/C45H64O2/c1-3-4-5-6-7-8-9-10-11-12-13-14-15-16-17-18-19-20-45(46)47-44-35-33-43(34-36-44)42-31-29-41(30-32-42)40-27-25-39(26-28-40)38-23-21-37(2)22-24-38/h21-32,43-44H,3-20,33-36H2,1-2H3. The molecule has 47 heavy (non-hydrogen) atoms. The first-order chi connectivity index (χ1) is 23.1. The molecule has 2 heteroatoms. The second-order valence-electron chi connectivity index (χ2n) is 14.4. The van der Waals surface area contributed by atoms with Crippen LogP contribution < -0.4 is 0 Å². The molecule has 1 saturated carbocycles. The zero-order chi connectivity index (χ0) is 32.9. The number of hydrogen-bond acceptors (Lipinski definition) is 2. The Labute approximate surface area is 288 Å². The molecule has 4 rings (SSSR count). The number of ether oxygens (including phenoxy) is 1. The lowest BCUT2D eigenvalue weighted by Crippen LogP contribution is -2.23. The molecule has 0 unspecified atom stereocenters. The van der Waals surface area contributed by atoms with Crippen molar-refractivity contribution in [3.8, 4) is 22.3 Å². The van der Waals surface area contributed by atoms with Gasteiger partial charge < -0.3 is 4.74 Å². The minimum Gasteiger partial charge on any atom is -0.462 e. The second-order valence-corrected chi connectivity index (χ2v) is 14.4. The highest BCUT2D eigenvalue weighted by atomic mass is 16.5. The first-order valence-electron chi connectivity index (χ1n) is 19.6. The van der Waals surface area contributed by atoms with Crippen molar-refractivity contribution >= 4 is 5.97 Å². The Hall–Kier alpha value is -2.87. The topological polar surface area (TPSA) is 26.3 Å². The smallest absolute Gasteiger partial charge is 0.306 e. The van der Waals surface area contributed by atoms with E-state index in [-0.39, 0.29) is 12.1 Å². The van der Waals surface area contributed by atoms with Gasteiger partial charge in [-0.15, -0.1) is 0 Å². The largest absolute Gasteiger partial charge is 0.462 e. The zero-order valence-corrected chi connectivity index (χ0v) is 30.0. The lowest BCUT2D eigenvalue weighted by molar-refractivity contribution is -0.150. The van der Waals surface area contributed by atoms with Gasteiger partial charge in [-0.25, -0.2) is 0 Å². The SMILES string of the molecule is CCCCCCCCCCCCCCCCCCCC(=O)OC1CCC(c2ccc(-c3ccc(-c4ccc(C)cc4)cc3)cc2)CC1. The molecule has 0 atom stereocenters. The molecule has 3 aromatic rings. The Morgan fingerprint density at radius 2 is 0.872 bits per heavy atom. The highest BCUT2D eigenvalue weighted by Gasteiger charge is 2.24. The molecule has 1 aliphatic rings. The number of unbranched alkanes of at least 4 members (excludes halogenated alkanes) is 16. The Morgan fingerprint density at radius 3 is 1.30 bits per heavy atom. The van der Waals surface area contributed by atoms with Crippen LogP contribution in [0.2, 0.25) is 0 Å². The van der Waals surface area contributed by atoms with E-state index in [0.29, 0.717) is 12.3 Å². The van der Waals surface area contributed by atoms with Crippen LogP contribution in [0.3, 0.4) is 0 Å². The van der Waals surface area contributed by atoms with Crippen LogP contribution in [0.15, 0.2) is 72.8 Å². The van der Waals surface area contributed by atoms with Gasteiger partial charge in [0, 0.05) is 6.42 Å². The molecule has 0 saturated heterocycles. The maximum atomic E-state index is 12.5. The molecule has 1 fully saturated rings. The van der Waals surface area contributed by atoms with Crippen LogP contribution in [0.25, 0.3) is 22.3 Å². The molecule has 0 radical (unpaired) electrons. The van der Waals surface area contributed by atoms with Gasteiger partial charge in [0.25, 0.3) is 0 Å². The molecule has 0 heterocycles. The van der Waals surface area contributed by atoms with Crippen molar-refractivity contribution in [3.63, 3.8) is 0 Å². The minimum absolute atomic E-state index is 0.0205.